The van der Waals surface area contributed by atoms with E-state index in [1.54, 1.807) is 0 Å². The van der Waals surface area contributed by atoms with Gasteiger partial charge >= 0.3 is 0 Å². The lowest BCUT2D eigenvalue weighted by Gasteiger charge is -2.09. The third kappa shape index (κ3) is 2.20. The zero-order valence-electron chi connectivity index (χ0n) is 14.6. The van der Waals surface area contributed by atoms with Crippen LogP contribution >= 0.6 is 0 Å². The van der Waals surface area contributed by atoms with Gasteiger partial charge in [-0.15, -0.1) is 0 Å². The smallest absolute Gasteiger partial charge is 0.215 e. The Bertz CT molecular complexity index is 1060. The average molecular weight is 316 g/mol. The second-order valence-corrected chi connectivity index (χ2v) is 6.78. The summed E-state index contributed by atoms with van der Waals surface area (Å²) in [5.41, 5.74) is 8.25. The fourth-order valence-electron chi connectivity index (χ4n) is 3.35. The van der Waals surface area contributed by atoms with E-state index in [9.17, 15) is 0 Å². The van der Waals surface area contributed by atoms with Crippen LogP contribution in [0, 0.1) is 6.92 Å². The SMILES string of the molecule is Cc1ccc2c(nc3ccccn32)c1-c1cc(C(C)C)cc[n+]1C. The number of fused-ring (bicyclic) bond motifs is 3. The summed E-state index contributed by atoms with van der Waals surface area (Å²) in [4.78, 5) is 4.92. The molecule has 3 nitrogen and oxygen atoms in total. The van der Waals surface area contributed by atoms with Crippen LogP contribution in [0.15, 0.2) is 54.9 Å². The molecular formula is C21H22N3+. The Labute approximate surface area is 142 Å². The monoisotopic (exact) mass is 316 g/mol. The number of imidazole rings is 1. The fourth-order valence-corrected chi connectivity index (χ4v) is 3.35. The summed E-state index contributed by atoms with van der Waals surface area (Å²) in [6.07, 6.45) is 4.23. The van der Waals surface area contributed by atoms with E-state index in [4.69, 9.17) is 4.98 Å². The van der Waals surface area contributed by atoms with Gasteiger partial charge in [0.2, 0.25) is 5.69 Å². The Kier molecular flexibility index (Phi) is 3.38. The van der Waals surface area contributed by atoms with Crippen molar-refractivity contribution in [3.05, 3.63) is 66.0 Å². The lowest BCUT2D eigenvalue weighted by molar-refractivity contribution is -0.660. The lowest BCUT2D eigenvalue weighted by atomic mass is 9.98. The topological polar surface area (TPSA) is 21.2 Å². The summed E-state index contributed by atoms with van der Waals surface area (Å²) >= 11 is 0. The van der Waals surface area contributed by atoms with Crippen LogP contribution in [0.2, 0.25) is 0 Å². The molecule has 0 N–H and O–H groups in total. The van der Waals surface area contributed by atoms with Gasteiger partial charge in [-0.05, 0) is 42.2 Å². The molecule has 0 fully saturated rings. The third-order valence-corrected chi connectivity index (χ3v) is 4.79. The molecule has 0 aliphatic carbocycles. The molecule has 4 aromatic rings. The molecule has 4 rings (SSSR count). The maximum absolute atomic E-state index is 4.92. The summed E-state index contributed by atoms with van der Waals surface area (Å²) in [7, 11) is 2.10. The van der Waals surface area contributed by atoms with Crippen LogP contribution in [0.4, 0.5) is 0 Å². The molecule has 0 radical (unpaired) electrons. The van der Waals surface area contributed by atoms with Crippen LogP contribution in [-0.2, 0) is 7.05 Å². The molecule has 0 unspecified atom stereocenters. The van der Waals surface area contributed by atoms with Crippen LogP contribution in [0.5, 0.6) is 0 Å². The molecule has 0 aliphatic rings. The second kappa shape index (κ2) is 5.45. The summed E-state index contributed by atoms with van der Waals surface area (Å²) < 4.78 is 4.35. The van der Waals surface area contributed by atoms with Crippen molar-refractivity contribution >= 4 is 16.7 Å². The zero-order valence-corrected chi connectivity index (χ0v) is 14.6. The molecule has 0 saturated heterocycles. The lowest BCUT2D eigenvalue weighted by Crippen LogP contribution is -2.31. The first kappa shape index (κ1) is 14.9. The predicted octanol–water partition coefficient (Wildman–Crippen LogP) is 4.41. The molecule has 24 heavy (non-hydrogen) atoms. The number of hydrogen-bond donors (Lipinski definition) is 0. The van der Waals surface area contributed by atoms with Crippen molar-refractivity contribution in [3.63, 3.8) is 0 Å². The van der Waals surface area contributed by atoms with Crippen molar-refractivity contribution < 1.29 is 4.57 Å². The van der Waals surface area contributed by atoms with Gasteiger partial charge in [0.05, 0.1) is 11.1 Å². The van der Waals surface area contributed by atoms with Gasteiger partial charge in [-0.1, -0.05) is 26.0 Å². The van der Waals surface area contributed by atoms with Gasteiger partial charge in [0, 0.05) is 18.3 Å². The largest absolute Gasteiger partial charge is 0.300 e. The first-order valence-corrected chi connectivity index (χ1v) is 8.42. The molecule has 0 atom stereocenters. The normalized spacial score (nSPS) is 11.7. The van der Waals surface area contributed by atoms with Gasteiger partial charge in [0.25, 0.3) is 0 Å². The van der Waals surface area contributed by atoms with Crippen molar-refractivity contribution in [1.29, 1.82) is 0 Å². The molecule has 3 heterocycles. The highest BCUT2D eigenvalue weighted by Crippen LogP contribution is 2.31. The van der Waals surface area contributed by atoms with Gasteiger partial charge in [0.15, 0.2) is 6.20 Å². The summed E-state index contributed by atoms with van der Waals surface area (Å²) in [5, 5.41) is 0. The van der Waals surface area contributed by atoms with E-state index in [0.29, 0.717) is 5.92 Å². The maximum Gasteiger partial charge on any atom is 0.215 e. The highest BCUT2D eigenvalue weighted by atomic mass is 15.0. The molecule has 0 amide bonds. The molecule has 0 spiro atoms. The first-order valence-electron chi connectivity index (χ1n) is 8.42. The van der Waals surface area contributed by atoms with Crippen molar-refractivity contribution in [3.8, 4) is 11.3 Å². The maximum atomic E-state index is 4.92. The molecular weight excluding hydrogens is 294 g/mol. The highest BCUT2D eigenvalue weighted by molar-refractivity contribution is 5.94. The summed E-state index contributed by atoms with van der Waals surface area (Å²) in [5.74, 6) is 0.505. The van der Waals surface area contributed by atoms with Crippen LogP contribution in [0.1, 0.15) is 30.9 Å². The Morgan fingerprint density at radius 1 is 1.08 bits per heavy atom. The molecule has 120 valence electrons. The van der Waals surface area contributed by atoms with E-state index < -0.39 is 0 Å². The van der Waals surface area contributed by atoms with Gasteiger partial charge in [0.1, 0.15) is 18.2 Å². The summed E-state index contributed by atoms with van der Waals surface area (Å²) in [6, 6.07) is 15.0. The molecule has 0 saturated carbocycles. The quantitative estimate of drug-likeness (QED) is 0.502. The van der Waals surface area contributed by atoms with Gasteiger partial charge in [-0.25, -0.2) is 9.55 Å². The van der Waals surface area contributed by atoms with E-state index in [2.05, 4.69) is 79.5 Å². The predicted molar refractivity (Wildman–Crippen MR) is 98.1 cm³/mol. The Hall–Kier alpha value is -2.68. The van der Waals surface area contributed by atoms with E-state index in [0.717, 1.165) is 16.7 Å². The standard InChI is InChI=1S/C21H22N3/c1-14(2)16-10-12-23(4)18(13-16)20-15(3)8-9-17-21(20)22-19-7-5-6-11-24(17)19/h5-14H,1-4H3/q+1. The molecule has 0 aliphatic heterocycles. The number of rotatable bonds is 2. The Morgan fingerprint density at radius 2 is 1.92 bits per heavy atom. The van der Waals surface area contributed by atoms with E-state index in [-0.39, 0.29) is 0 Å². The number of hydrogen-bond acceptors (Lipinski definition) is 1. The highest BCUT2D eigenvalue weighted by Gasteiger charge is 2.20. The molecule has 3 heteroatoms. The van der Waals surface area contributed by atoms with E-state index >= 15 is 0 Å². The number of pyridine rings is 2. The fraction of sp³-hybridized carbons (Fsp3) is 0.238. The number of aromatic nitrogens is 3. The van der Waals surface area contributed by atoms with Crippen molar-refractivity contribution in [2.75, 3.05) is 0 Å². The minimum Gasteiger partial charge on any atom is -0.300 e. The van der Waals surface area contributed by atoms with E-state index in [1.165, 1.54) is 22.4 Å². The average Bonchev–Trinajstić information content (AvgIpc) is 2.94. The van der Waals surface area contributed by atoms with Gasteiger partial charge in [-0.3, -0.25) is 4.40 Å². The second-order valence-electron chi connectivity index (χ2n) is 6.78. The number of nitrogens with zero attached hydrogens (tertiary/aromatic N) is 3. The van der Waals surface area contributed by atoms with E-state index in [1.807, 2.05) is 12.1 Å². The number of aryl methyl sites for hydroxylation is 2. The molecule has 0 bridgehead atoms. The summed E-state index contributed by atoms with van der Waals surface area (Å²) in [6.45, 7) is 6.63. The minimum absolute atomic E-state index is 0.505. The van der Waals surface area contributed by atoms with Crippen molar-refractivity contribution in [2.24, 2.45) is 7.05 Å². The van der Waals surface area contributed by atoms with Crippen LogP contribution in [0.3, 0.4) is 0 Å². The minimum atomic E-state index is 0.505. The van der Waals surface area contributed by atoms with Crippen LogP contribution in [0.25, 0.3) is 27.9 Å². The van der Waals surface area contributed by atoms with Gasteiger partial charge in [-0.2, -0.15) is 0 Å². The van der Waals surface area contributed by atoms with Gasteiger partial charge < -0.3 is 0 Å². The van der Waals surface area contributed by atoms with Crippen LogP contribution < -0.4 is 4.57 Å². The molecule has 3 aromatic heterocycles. The third-order valence-electron chi connectivity index (χ3n) is 4.79. The molecule has 1 aromatic carbocycles. The first-order chi connectivity index (χ1) is 11.6. The van der Waals surface area contributed by atoms with Crippen LogP contribution in [-0.4, -0.2) is 9.38 Å². The number of benzene rings is 1. The Morgan fingerprint density at radius 3 is 2.71 bits per heavy atom. The van der Waals surface area contributed by atoms with Crippen molar-refractivity contribution in [1.82, 2.24) is 9.38 Å². The zero-order chi connectivity index (χ0) is 16.8. The Balaban J connectivity index is 2.10. The van der Waals surface area contributed by atoms with Crippen molar-refractivity contribution in [2.45, 2.75) is 26.7 Å².